The molecule has 1 atom stereocenters. The summed E-state index contributed by atoms with van der Waals surface area (Å²) < 4.78 is 12.9. The molecule has 2 aromatic rings. The zero-order valence-electron chi connectivity index (χ0n) is 14.0. The van der Waals surface area contributed by atoms with Crippen LogP contribution >= 0.6 is 0 Å². The highest BCUT2D eigenvalue weighted by Gasteiger charge is 2.23. The van der Waals surface area contributed by atoms with Crippen LogP contribution in [0.25, 0.3) is 0 Å². The maximum Gasteiger partial charge on any atom is 0.220 e. The Morgan fingerprint density at radius 3 is 2.42 bits per heavy atom. The van der Waals surface area contributed by atoms with Gasteiger partial charge in [-0.3, -0.25) is 4.79 Å². The van der Waals surface area contributed by atoms with Gasteiger partial charge in [0.15, 0.2) is 0 Å². The Bertz CT molecular complexity index is 638. The second-order valence-electron chi connectivity index (χ2n) is 6.25. The molecule has 1 unspecified atom stereocenters. The number of benzene rings is 2. The van der Waals surface area contributed by atoms with E-state index >= 15 is 0 Å². The highest BCUT2D eigenvalue weighted by Crippen LogP contribution is 2.20. The molecule has 3 nitrogen and oxygen atoms in total. The summed E-state index contributed by atoms with van der Waals surface area (Å²) in [5.41, 5.74) is 0.637. The summed E-state index contributed by atoms with van der Waals surface area (Å²) in [6.07, 6.45) is 3.15. The van der Waals surface area contributed by atoms with Crippen molar-refractivity contribution in [2.24, 2.45) is 0 Å². The van der Waals surface area contributed by atoms with Gasteiger partial charge in [0.05, 0.1) is 6.54 Å². The maximum atomic E-state index is 12.9. The van der Waals surface area contributed by atoms with Crippen molar-refractivity contribution in [3.63, 3.8) is 0 Å². The van der Waals surface area contributed by atoms with E-state index in [9.17, 15) is 14.3 Å². The van der Waals surface area contributed by atoms with Crippen LogP contribution in [0.4, 0.5) is 4.39 Å². The van der Waals surface area contributed by atoms with Gasteiger partial charge in [-0.2, -0.15) is 0 Å². The lowest BCUT2D eigenvalue weighted by molar-refractivity contribution is -0.122. The standard InChI is InChI=1S/C20H24FNO2/c1-20(24,17-11-13-18(21)14-12-17)15-22-19(23)10-6-5-9-16-7-3-2-4-8-16/h2-4,7-8,11-14,24H,5-6,9-10,15H2,1H3,(H,22,23). The van der Waals surface area contributed by atoms with Crippen molar-refractivity contribution >= 4 is 5.91 Å². The molecular weight excluding hydrogens is 305 g/mol. The molecule has 0 bridgehead atoms. The molecule has 0 aliphatic heterocycles. The Hall–Kier alpha value is -2.20. The molecule has 1 amide bonds. The molecule has 2 aromatic carbocycles. The normalized spacial score (nSPS) is 13.3. The molecule has 0 saturated heterocycles. The summed E-state index contributed by atoms with van der Waals surface area (Å²) in [6.45, 7) is 1.71. The first-order valence-electron chi connectivity index (χ1n) is 8.26. The van der Waals surface area contributed by atoms with Crippen molar-refractivity contribution in [2.45, 2.75) is 38.2 Å². The quantitative estimate of drug-likeness (QED) is 0.728. The lowest BCUT2D eigenvalue weighted by Gasteiger charge is -2.24. The van der Waals surface area contributed by atoms with Crippen molar-refractivity contribution in [3.05, 3.63) is 71.5 Å². The summed E-state index contributed by atoms with van der Waals surface area (Å²) in [5.74, 6) is -0.428. The third-order valence-corrected chi connectivity index (χ3v) is 4.06. The van der Waals surface area contributed by atoms with E-state index in [4.69, 9.17) is 0 Å². The van der Waals surface area contributed by atoms with E-state index < -0.39 is 5.60 Å². The van der Waals surface area contributed by atoms with Gasteiger partial charge in [0.1, 0.15) is 11.4 Å². The minimum atomic E-state index is -1.21. The van der Waals surface area contributed by atoms with E-state index in [1.54, 1.807) is 6.92 Å². The third kappa shape index (κ3) is 5.78. The van der Waals surface area contributed by atoms with Crippen LogP contribution in [0.2, 0.25) is 0 Å². The lowest BCUT2D eigenvalue weighted by Crippen LogP contribution is -2.38. The number of halogens is 1. The van der Waals surface area contributed by atoms with Gasteiger partial charge < -0.3 is 10.4 Å². The highest BCUT2D eigenvalue weighted by atomic mass is 19.1. The highest BCUT2D eigenvalue weighted by molar-refractivity contribution is 5.75. The first kappa shape index (κ1) is 18.1. The molecule has 0 heterocycles. The van der Waals surface area contributed by atoms with Gasteiger partial charge in [-0.1, -0.05) is 42.5 Å². The first-order valence-corrected chi connectivity index (χ1v) is 8.26. The fourth-order valence-corrected chi connectivity index (χ4v) is 2.53. The number of rotatable bonds is 8. The predicted molar refractivity (Wildman–Crippen MR) is 93.0 cm³/mol. The maximum absolute atomic E-state index is 12.9. The second kappa shape index (κ2) is 8.60. The van der Waals surface area contributed by atoms with Gasteiger partial charge in [-0.25, -0.2) is 4.39 Å². The number of carbonyl (C=O) groups excluding carboxylic acids is 1. The van der Waals surface area contributed by atoms with Crippen LogP contribution in [0, 0.1) is 5.82 Å². The fourth-order valence-electron chi connectivity index (χ4n) is 2.53. The van der Waals surface area contributed by atoms with Crippen molar-refractivity contribution in [1.29, 1.82) is 0 Å². The number of amides is 1. The van der Waals surface area contributed by atoms with Crippen LogP contribution in [0.3, 0.4) is 0 Å². The van der Waals surface area contributed by atoms with Crippen LogP contribution < -0.4 is 5.32 Å². The van der Waals surface area contributed by atoms with Crippen LogP contribution in [0.5, 0.6) is 0 Å². The number of unbranched alkanes of at least 4 members (excludes halogenated alkanes) is 1. The van der Waals surface area contributed by atoms with Crippen molar-refractivity contribution in [1.82, 2.24) is 5.32 Å². The smallest absolute Gasteiger partial charge is 0.220 e. The third-order valence-electron chi connectivity index (χ3n) is 4.06. The summed E-state index contributed by atoms with van der Waals surface area (Å²) in [5, 5.41) is 13.2. The Labute approximate surface area is 142 Å². The van der Waals surface area contributed by atoms with Gasteiger partial charge in [-0.15, -0.1) is 0 Å². The Balaban J connectivity index is 1.69. The average molecular weight is 329 g/mol. The molecule has 0 aliphatic carbocycles. The molecule has 0 spiro atoms. The number of nitrogens with one attached hydrogen (secondary N) is 1. The summed E-state index contributed by atoms with van der Waals surface area (Å²) in [6, 6.07) is 15.8. The van der Waals surface area contributed by atoms with E-state index in [1.807, 2.05) is 18.2 Å². The average Bonchev–Trinajstić information content (AvgIpc) is 2.58. The molecule has 0 aromatic heterocycles. The fraction of sp³-hybridized carbons (Fsp3) is 0.350. The predicted octanol–water partition coefficient (Wildman–Crippen LogP) is 3.56. The molecule has 0 radical (unpaired) electrons. The van der Waals surface area contributed by atoms with Crippen molar-refractivity contribution in [2.75, 3.05) is 6.54 Å². The van der Waals surface area contributed by atoms with E-state index in [1.165, 1.54) is 29.8 Å². The lowest BCUT2D eigenvalue weighted by atomic mass is 9.96. The van der Waals surface area contributed by atoms with E-state index in [0.29, 0.717) is 12.0 Å². The second-order valence-corrected chi connectivity index (χ2v) is 6.25. The van der Waals surface area contributed by atoms with Crippen molar-refractivity contribution in [3.8, 4) is 0 Å². The van der Waals surface area contributed by atoms with Crippen molar-refractivity contribution < 1.29 is 14.3 Å². The van der Waals surface area contributed by atoms with Gasteiger partial charge in [-0.05, 0) is 49.4 Å². The molecule has 2 N–H and O–H groups in total. The van der Waals surface area contributed by atoms with Gasteiger partial charge in [0.25, 0.3) is 0 Å². The van der Waals surface area contributed by atoms with Crippen LogP contribution in [-0.4, -0.2) is 17.6 Å². The summed E-state index contributed by atoms with van der Waals surface area (Å²) >= 11 is 0. The van der Waals surface area contributed by atoms with E-state index in [0.717, 1.165) is 19.3 Å². The monoisotopic (exact) mass is 329 g/mol. The number of hydrogen-bond donors (Lipinski definition) is 2. The number of hydrogen-bond acceptors (Lipinski definition) is 2. The van der Waals surface area contributed by atoms with Crippen LogP contribution in [0.1, 0.15) is 37.3 Å². The largest absolute Gasteiger partial charge is 0.384 e. The molecule has 0 fully saturated rings. The van der Waals surface area contributed by atoms with Gasteiger partial charge in [0, 0.05) is 6.42 Å². The molecule has 128 valence electrons. The molecule has 2 rings (SSSR count). The van der Waals surface area contributed by atoms with Crippen LogP contribution in [-0.2, 0) is 16.8 Å². The number of carbonyl (C=O) groups is 1. The summed E-state index contributed by atoms with van der Waals surface area (Å²) in [7, 11) is 0. The number of aliphatic hydroxyl groups is 1. The molecule has 0 saturated carbocycles. The molecular formula is C20H24FNO2. The topological polar surface area (TPSA) is 49.3 Å². The number of aryl methyl sites for hydroxylation is 1. The minimum Gasteiger partial charge on any atom is -0.384 e. The summed E-state index contributed by atoms with van der Waals surface area (Å²) in [4.78, 5) is 11.9. The molecule has 0 aliphatic rings. The van der Waals surface area contributed by atoms with Gasteiger partial charge >= 0.3 is 0 Å². The minimum absolute atomic E-state index is 0.0783. The SMILES string of the molecule is CC(O)(CNC(=O)CCCCc1ccccc1)c1ccc(F)cc1. The Kier molecular flexibility index (Phi) is 6.50. The van der Waals surface area contributed by atoms with E-state index in [-0.39, 0.29) is 18.3 Å². The zero-order chi connectivity index (χ0) is 17.4. The first-order chi connectivity index (χ1) is 11.5. The Morgan fingerprint density at radius 1 is 1.08 bits per heavy atom. The van der Waals surface area contributed by atoms with E-state index in [2.05, 4.69) is 17.4 Å². The Morgan fingerprint density at radius 2 is 1.75 bits per heavy atom. The molecule has 24 heavy (non-hydrogen) atoms. The molecule has 4 heteroatoms. The van der Waals surface area contributed by atoms with Gasteiger partial charge in [0.2, 0.25) is 5.91 Å². The zero-order valence-corrected chi connectivity index (χ0v) is 14.0. The van der Waals surface area contributed by atoms with Crippen LogP contribution in [0.15, 0.2) is 54.6 Å².